The lowest BCUT2D eigenvalue weighted by molar-refractivity contribution is 0.292. The summed E-state index contributed by atoms with van der Waals surface area (Å²) in [5.74, 6) is 2.29. The average molecular weight is 303 g/mol. The first-order chi connectivity index (χ1) is 10.7. The van der Waals surface area contributed by atoms with Crippen molar-refractivity contribution in [3.8, 4) is 11.5 Å². The van der Waals surface area contributed by atoms with Gasteiger partial charge in [0.05, 0.1) is 13.2 Å². The van der Waals surface area contributed by atoms with Crippen LogP contribution in [0.25, 0.3) is 0 Å². The standard InChI is InChI=1S/C19H29NO2/c1-14(2)15-11-17-18(22-10-6-9-21-17)12-16(15)19(13-20)7-4-3-5-8-19/h11-12,14H,3-10,13,20H2,1-2H3. The van der Waals surface area contributed by atoms with Gasteiger partial charge in [-0.1, -0.05) is 33.1 Å². The van der Waals surface area contributed by atoms with Gasteiger partial charge in [-0.15, -0.1) is 0 Å². The molecule has 0 saturated heterocycles. The molecule has 22 heavy (non-hydrogen) atoms. The molecule has 2 N–H and O–H groups in total. The van der Waals surface area contributed by atoms with E-state index in [0.29, 0.717) is 5.92 Å². The number of ether oxygens (including phenoxy) is 2. The van der Waals surface area contributed by atoms with Crippen LogP contribution in [0.3, 0.4) is 0 Å². The summed E-state index contributed by atoms with van der Waals surface area (Å²) >= 11 is 0. The van der Waals surface area contributed by atoms with Crippen molar-refractivity contribution < 1.29 is 9.47 Å². The molecule has 0 radical (unpaired) electrons. The topological polar surface area (TPSA) is 44.5 Å². The third-order valence-electron chi connectivity index (χ3n) is 5.31. The van der Waals surface area contributed by atoms with Crippen molar-refractivity contribution >= 4 is 0 Å². The van der Waals surface area contributed by atoms with Gasteiger partial charge < -0.3 is 15.2 Å². The van der Waals surface area contributed by atoms with Crippen molar-refractivity contribution in [3.63, 3.8) is 0 Å². The average Bonchev–Trinajstić information content (AvgIpc) is 2.79. The first-order valence-corrected chi connectivity index (χ1v) is 8.80. The van der Waals surface area contributed by atoms with E-state index in [1.807, 2.05) is 0 Å². The Labute approximate surface area is 134 Å². The number of nitrogens with two attached hydrogens (primary N) is 1. The van der Waals surface area contributed by atoms with E-state index in [1.54, 1.807) is 0 Å². The minimum atomic E-state index is 0.128. The second-order valence-corrected chi connectivity index (χ2v) is 7.14. The smallest absolute Gasteiger partial charge is 0.161 e. The number of benzene rings is 1. The Morgan fingerprint density at radius 2 is 1.64 bits per heavy atom. The van der Waals surface area contributed by atoms with Crippen molar-refractivity contribution in [2.24, 2.45) is 5.73 Å². The van der Waals surface area contributed by atoms with Crippen molar-refractivity contribution in [2.45, 2.75) is 63.7 Å². The van der Waals surface area contributed by atoms with Crippen LogP contribution >= 0.6 is 0 Å². The van der Waals surface area contributed by atoms with Crippen LogP contribution in [0.4, 0.5) is 0 Å². The molecule has 0 amide bonds. The number of fused-ring (bicyclic) bond motifs is 1. The highest BCUT2D eigenvalue weighted by molar-refractivity contribution is 5.51. The zero-order valence-electron chi connectivity index (χ0n) is 14.0. The molecule has 1 heterocycles. The Kier molecular flexibility index (Phi) is 4.62. The lowest BCUT2D eigenvalue weighted by Crippen LogP contribution is -2.38. The molecule has 0 atom stereocenters. The van der Waals surface area contributed by atoms with E-state index in [4.69, 9.17) is 15.2 Å². The predicted molar refractivity (Wildman–Crippen MR) is 90.0 cm³/mol. The van der Waals surface area contributed by atoms with Crippen molar-refractivity contribution in [3.05, 3.63) is 23.3 Å². The maximum absolute atomic E-state index is 6.27. The predicted octanol–water partition coefficient (Wildman–Crippen LogP) is 4.13. The Bertz CT molecular complexity index is 518. The van der Waals surface area contributed by atoms with Crippen LogP contribution in [-0.4, -0.2) is 19.8 Å². The first kappa shape index (κ1) is 15.7. The van der Waals surface area contributed by atoms with Crippen LogP contribution in [0.2, 0.25) is 0 Å². The molecule has 3 rings (SSSR count). The van der Waals surface area contributed by atoms with Crippen LogP contribution < -0.4 is 15.2 Å². The Hall–Kier alpha value is -1.22. The molecule has 2 aliphatic rings. The molecule has 0 spiro atoms. The summed E-state index contributed by atoms with van der Waals surface area (Å²) in [6.07, 6.45) is 7.24. The summed E-state index contributed by atoms with van der Waals surface area (Å²) in [7, 11) is 0. The quantitative estimate of drug-likeness (QED) is 0.913. The molecule has 1 aliphatic heterocycles. The van der Waals surface area contributed by atoms with Crippen LogP contribution in [0, 0.1) is 0 Å². The summed E-state index contributed by atoms with van der Waals surface area (Å²) in [4.78, 5) is 0. The molecule has 1 aromatic rings. The van der Waals surface area contributed by atoms with Gasteiger partial charge in [-0.25, -0.2) is 0 Å². The van der Waals surface area contributed by atoms with Gasteiger partial charge in [0.1, 0.15) is 0 Å². The molecule has 1 saturated carbocycles. The van der Waals surface area contributed by atoms with E-state index in [-0.39, 0.29) is 5.41 Å². The fourth-order valence-corrected chi connectivity index (χ4v) is 3.97. The largest absolute Gasteiger partial charge is 0.490 e. The SMILES string of the molecule is CC(C)c1cc2c(cc1C1(CN)CCCCC1)OCCCO2. The van der Waals surface area contributed by atoms with Crippen LogP contribution in [0.15, 0.2) is 12.1 Å². The molecule has 3 heteroatoms. The summed E-state index contributed by atoms with van der Waals surface area (Å²) in [6, 6.07) is 4.46. The second kappa shape index (κ2) is 6.49. The van der Waals surface area contributed by atoms with E-state index < -0.39 is 0 Å². The first-order valence-electron chi connectivity index (χ1n) is 8.80. The minimum Gasteiger partial charge on any atom is -0.490 e. The van der Waals surface area contributed by atoms with E-state index in [0.717, 1.165) is 37.7 Å². The van der Waals surface area contributed by atoms with Gasteiger partial charge >= 0.3 is 0 Å². The Morgan fingerprint density at radius 1 is 1.00 bits per heavy atom. The van der Waals surface area contributed by atoms with Gasteiger partial charge in [-0.05, 0) is 42.0 Å². The van der Waals surface area contributed by atoms with Gasteiger partial charge in [0.25, 0.3) is 0 Å². The van der Waals surface area contributed by atoms with Crippen LogP contribution in [0.5, 0.6) is 11.5 Å². The zero-order chi connectivity index (χ0) is 15.6. The lowest BCUT2D eigenvalue weighted by atomic mass is 9.67. The summed E-state index contributed by atoms with van der Waals surface area (Å²) < 4.78 is 11.8. The summed E-state index contributed by atoms with van der Waals surface area (Å²) in [6.45, 7) is 6.73. The Morgan fingerprint density at radius 3 is 2.23 bits per heavy atom. The lowest BCUT2D eigenvalue weighted by Gasteiger charge is -2.39. The van der Waals surface area contributed by atoms with Crippen molar-refractivity contribution in [1.82, 2.24) is 0 Å². The third kappa shape index (κ3) is 2.83. The molecule has 0 unspecified atom stereocenters. The van der Waals surface area contributed by atoms with Gasteiger partial charge in [0.2, 0.25) is 0 Å². The monoisotopic (exact) mass is 303 g/mol. The second-order valence-electron chi connectivity index (χ2n) is 7.14. The normalized spacial score (nSPS) is 20.7. The molecule has 1 aliphatic carbocycles. The number of rotatable bonds is 3. The fraction of sp³-hybridized carbons (Fsp3) is 0.684. The van der Waals surface area contributed by atoms with E-state index in [1.165, 1.54) is 43.2 Å². The molecule has 0 bridgehead atoms. The molecule has 1 aromatic carbocycles. The van der Waals surface area contributed by atoms with Gasteiger partial charge in [0.15, 0.2) is 11.5 Å². The van der Waals surface area contributed by atoms with Gasteiger partial charge in [-0.3, -0.25) is 0 Å². The van der Waals surface area contributed by atoms with Crippen molar-refractivity contribution in [1.29, 1.82) is 0 Å². The maximum atomic E-state index is 6.27. The number of hydrogen-bond donors (Lipinski definition) is 1. The maximum Gasteiger partial charge on any atom is 0.161 e. The van der Waals surface area contributed by atoms with E-state index in [9.17, 15) is 0 Å². The number of hydrogen-bond acceptors (Lipinski definition) is 3. The summed E-state index contributed by atoms with van der Waals surface area (Å²) in [5, 5.41) is 0. The highest BCUT2D eigenvalue weighted by atomic mass is 16.5. The third-order valence-corrected chi connectivity index (χ3v) is 5.31. The van der Waals surface area contributed by atoms with Gasteiger partial charge in [0, 0.05) is 18.4 Å². The summed E-state index contributed by atoms with van der Waals surface area (Å²) in [5.41, 5.74) is 9.20. The minimum absolute atomic E-state index is 0.128. The van der Waals surface area contributed by atoms with Crippen LogP contribution in [-0.2, 0) is 5.41 Å². The van der Waals surface area contributed by atoms with Crippen molar-refractivity contribution in [2.75, 3.05) is 19.8 Å². The van der Waals surface area contributed by atoms with Crippen LogP contribution in [0.1, 0.15) is 69.4 Å². The highest BCUT2D eigenvalue weighted by Gasteiger charge is 2.36. The Balaban J connectivity index is 2.10. The molecule has 122 valence electrons. The molecule has 1 fully saturated rings. The molecular formula is C19H29NO2. The van der Waals surface area contributed by atoms with E-state index in [2.05, 4.69) is 26.0 Å². The van der Waals surface area contributed by atoms with E-state index >= 15 is 0 Å². The molecular weight excluding hydrogens is 274 g/mol. The fourth-order valence-electron chi connectivity index (χ4n) is 3.97. The molecule has 0 aromatic heterocycles. The zero-order valence-corrected chi connectivity index (χ0v) is 14.0. The molecule has 3 nitrogen and oxygen atoms in total. The van der Waals surface area contributed by atoms with Gasteiger partial charge in [-0.2, -0.15) is 0 Å². The highest BCUT2D eigenvalue weighted by Crippen LogP contribution is 2.45.